The predicted octanol–water partition coefficient (Wildman–Crippen LogP) is 4.15. The summed E-state index contributed by atoms with van der Waals surface area (Å²) < 4.78 is 14.6. The molecule has 0 saturated carbocycles. The van der Waals surface area contributed by atoms with Crippen LogP contribution in [0.25, 0.3) is 0 Å². The van der Waals surface area contributed by atoms with Crippen LogP contribution in [0.4, 0.5) is 4.39 Å². The molecule has 0 nitrogen and oxygen atoms in total. The van der Waals surface area contributed by atoms with E-state index >= 15 is 0 Å². The van der Waals surface area contributed by atoms with E-state index < -0.39 is 0 Å². The Morgan fingerprint density at radius 3 is 2.73 bits per heavy atom. The molecule has 0 fully saturated rings. The summed E-state index contributed by atoms with van der Waals surface area (Å²) in [6.07, 6.45) is 0. The number of rotatable bonds is 0. The minimum absolute atomic E-state index is 0.161. The third kappa shape index (κ3) is 1.87. The van der Waals surface area contributed by atoms with Crippen LogP contribution in [0.1, 0.15) is 5.56 Å². The molecule has 0 radical (unpaired) electrons. The largest absolute Gasteiger partial charge is 0.205 e. The van der Waals surface area contributed by atoms with E-state index in [-0.39, 0.29) is 10.8 Å². The summed E-state index contributed by atoms with van der Waals surface area (Å²) in [4.78, 5) is 0. The van der Waals surface area contributed by atoms with Gasteiger partial charge < -0.3 is 0 Å². The zero-order valence-corrected chi connectivity index (χ0v) is 10.1. The second-order valence-corrected chi connectivity index (χ2v) is 4.45. The second-order valence-electron chi connectivity index (χ2n) is 2.12. The topological polar surface area (TPSA) is 0 Å². The molecule has 0 atom stereocenters. The number of halogens is 4. The number of hydrogen-bond acceptors (Lipinski definition) is 0. The molecule has 60 valence electrons. The normalized spacial score (nSPS) is 10.3. The van der Waals surface area contributed by atoms with Gasteiger partial charge in [-0.25, -0.2) is 4.39 Å². The van der Waals surface area contributed by atoms with Gasteiger partial charge in [0.1, 0.15) is 5.82 Å². The molecule has 0 unspecified atom stereocenters. The molecule has 0 aliphatic carbocycles. The zero-order valence-electron chi connectivity index (χ0n) is 5.59. The van der Waals surface area contributed by atoms with Crippen molar-refractivity contribution in [3.8, 4) is 0 Å². The monoisotopic (exact) mass is 348 g/mol. The molecule has 0 heterocycles. The highest BCUT2D eigenvalue weighted by Crippen LogP contribution is 2.31. The van der Waals surface area contributed by atoms with Crippen molar-refractivity contribution in [1.82, 2.24) is 0 Å². The molecule has 0 amide bonds. The molecule has 1 rings (SSSR count). The quantitative estimate of drug-likeness (QED) is 0.375. The van der Waals surface area contributed by atoms with Gasteiger partial charge in [-0.2, -0.15) is 0 Å². The Morgan fingerprint density at radius 1 is 1.64 bits per heavy atom. The maximum atomic E-state index is 13.0. The highest BCUT2D eigenvalue weighted by Gasteiger charge is 2.10. The van der Waals surface area contributed by atoms with E-state index in [1.54, 1.807) is 13.0 Å². The predicted molar refractivity (Wildman–Crippen MR) is 56.6 cm³/mol. The molecule has 0 saturated heterocycles. The van der Waals surface area contributed by atoms with Crippen molar-refractivity contribution in [2.24, 2.45) is 0 Å². The van der Waals surface area contributed by atoms with Gasteiger partial charge in [0.25, 0.3) is 0 Å². The highest BCUT2D eigenvalue weighted by atomic mass is 127. The fraction of sp³-hybridized carbons (Fsp3) is 0.143. The van der Waals surface area contributed by atoms with E-state index in [9.17, 15) is 4.39 Å². The van der Waals surface area contributed by atoms with Crippen molar-refractivity contribution in [3.05, 3.63) is 30.5 Å². The van der Waals surface area contributed by atoms with Crippen LogP contribution in [-0.4, -0.2) is 0 Å². The highest BCUT2D eigenvalue weighted by molar-refractivity contribution is 14.1. The van der Waals surface area contributed by atoms with Crippen molar-refractivity contribution in [2.75, 3.05) is 0 Å². The Morgan fingerprint density at radius 2 is 2.18 bits per heavy atom. The summed E-state index contributed by atoms with van der Waals surface area (Å²) >= 11 is 10.9. The molecule has 0 bridgehead atoms. The maximum Gasteiger partial charge on any atom is 0.145 e. The van der Waals surface area contributed by atoms with Gasteiger partial charge in [0.2, 0.25) is 0 Å². The van der Waals surface area contributed by atoms with E-state index in [1.165, 1.54) is 0 Å². The van der Waals surface area contributed by atoms with Gasteiger partial charge in [0, 0.05) is 3.57 Å². The third-order valence-corrected chi connectivity index (χ3v) is 4.28. The zero-order chi connectivity index (χ0) is 8.59. The van der Waals surface area contributed by atoms with Gasteiger partial charge >= 0.3 is 0 Å². The van der Waals surface area contributed by atoms with Crippen LogP contribution >= 0.6 is 50.1 Å². The fourth-order valence-corrected chi connectivity index (χ4v) is 2.13. The molecule has 0 spiro atoms. The average molecular weight is 349 g/mol. The second kappa shape index (κ2) is 3.58. The van der Waals surface area contributed by atoms with Crippen LogP contribution in [0.3, 0.4) is 0 Å². The SMILES string of the molecule is Cc1cc(I)c(Br)c(Cl)c1F. The number of hydrogen-bond donors (Lipinski definition) is 0. The average Bonchev–Trinajstić information content (AvgIpc) is 1.97. The smallest absolute Gasteiger partial charge is 0.145 e. The molecule has 1 aromatic rings. The van der Waals surface area contributed by atoms with E-state index in [2.05, 4.69) is 38.5 Å². The molecule has 0 N–H and O–H groups in total. The third-order valence-electron chi connectivity index (χ3n) is 1.28. The van der Waals surface area contributed by atoms with E-state index in [1.807, 2.05) is 0 Å². The summed E-state index contributed by atoms with van der Waals surface area (Å²) in [5.41, 5.74) is 0.572. The summed E-state index contributed by atoms with van der Waals surface area (Å²) in [6, 6.07) is 1.74. The first-order valence-corrected chi connectivity index (χ1v) is 5.08. The van der Waals surface area contributed by atoms with Crippen molar-refractivity contribution >= 4 is 50.1 Å². The van der Waals surface area contributed by atoms with Gasteiger partial charge in [-0.05, 0) is 57.1 Å². The first-order valence-electron chi connectivity index (χ1n) is 2.83. The lowest BCUT2D eigenvalue weighted by atomic mass is 10.2. The van der Waals surface area contributed by atoms with E-state index in [0.717, 1.165) is 3.57 Å². The lowest BCUT2D eigenvalue weighted by Gasteiger charge is -2.03. The first kappa shape index (κ1) is 9.74. The van der Waals surface area contributed by atoms with Crippen molar-refractivity contribution in [2.45, 2.75) is 6.92 Å². The molecule has 4 heteroatoms. The van der Waals surface area contributed by atoms with Crippen LogP contribution in [0.15, 0.2) is 10.5 Å². The van der Waals surface area contributed by atoms with Crippen LogP contribution in [0, 0.1) is 16.3 Å². The van der Waals surface area contributed by atoms with E-state index in [0.29, 0.717) is 10.0 Å². The summed E-state index contributed by atoms with van der Waals surface area (Å²) in [5.74, 6) is -0.348. The Balaban J connectivity index is 3.46. The van der Waals surface area contributed by atoms with E-state index in [4.69, 9.17) is 11.6 Å². The molecule has 1 aromatic carbocycles. The van der Waals surface area contributed by atoms with Crippen LogP contribution in [0.5, 0.6) is 0 Å². The van der Waals surface area contributed by atoms with Crippen molar-refractivity contribution in [1.29, 1.82) is 0 Å². The summed E-state index contributed by atoms with van der Waals surface area (Å²) in [5, 5.41) is 0.161. The van der Waals surface area contributed by atoms with Gasteiger partial charge in [-0.1, -0.05) is 11.6 Å². The molecule has 11 heavy (non-hydrogen) atoms. The van der Waals surface area contributed by atoms with Crippen molar-refractivity contribution in [3.63, 3.8) is 0 Å². The molecular formula is C7H4BrClFI. The molecule has 0 aliphatic heterocycles. The summed E-state index contributed by atoms with van der Waals surface area (Å²) in [6.45, 7) is 1.69. The minimum Gasteiger partial charge on any atom is -0.205 e. The van der Waals surface area contributed by atoms with Gasteiger partial charge in [0.05, 0.1) is 9.50 Å². The lowest BCUT2D eigenvalue weighted by molar-refractivity contribution is 0.617. The number of benzene rings is 1. The van der Waals surface area contributed by atoms with Crippen molar-refractivity contribution < 1.29 is 4.39 Å². The standard InChI is InChI=1S/C7H4BrClFI/c1-3-2-4(11)5(8)6(9)7(3)10/h2H,1H3. The molecule has 0 aromatic heterocycles. The molecular weight excluding hydrogens is 345 g/mol. The molecule has 0 aliphatic rings. The Labute approximate surface area is 91.4 Å². The van der Waals surface area contributed by atoms with Crippen LogP contribution in [-0.2, 0) is 0 Å². The Bertz CT molecular complexity index is 275. The Hall–Kier alpha value is 0.650. The fourth-order valence-electron chi connectivity index (χ4n) is 0.691. The maximum absolute atomic E-state index is 13.0. The number of aryl methyl sites for hydroxylation is 1. The van der Waals surface area contributed by atoms with Gasteiger partial charge in [0.15, 0.2) is 0 Å². The first-order chi connectivity index (χ1) is 5.04. The van der Waals surface area contributed by atoms with Crippen LogP contribution in [0.2, 0.25) is 5.02 Å². The minimum atomic E-state index is -0.348. The Kier molecular flexibility index (Phi) is 3.17. The lowest BCUT2D eigenvalue weighted by Crippen LogP contribution is -1.87. The van der Waals surface area contributed by atoms with Gasteiger partial charge in [-0.15, -0.1) is 0 Å². The van der Waals surface area contributed by atoms with Gasteiger partial charge in [-0.3, -0.25) is 0 Å². The van der Waals surface area contributed by atoms with Crippen LogP contribution < -0.4 is 0 Å². The summed E-state index contributed by atoms with van der Waals surface area (Å²) in [7, 11) is 0.